The van der Waals surface area contributed by atoms with Crippen LogP contribution in [0.25, 0.3) is 0 Å². The molecule has 2 atom stereocenters. The minimum Gasteiger partial charge on any atom is -0.481 e. The second kappa shape index (κ2) is 11.3. The lowest BCUT2D eigenvalue weighted by molar-refractivity contribution is -0.147. The Balaban J connectivity index is 1.59. The average Bonchev–Trinajstić information content (AvgIpc) is 3.60. The minimum absolute atomic E-state index is 0.0951. The summed E-state index contributed by atoms with van der Waals surface area (Å²) >= 11 is 7.62. The molecule has 2 aliphatic rings. The van der Waals surface area contributed by atoms with Crippen LogP contribution >= 0.6 is 22.9 Å². The molecule has 0 amide bonds. The number of rotatable bonds is 8. The third kappa shape index (κ3) is 5.62. The number of carbonyl (C=O) groups is 2. The summed E-state index contributed by atoms with van der Waals surface area (Å²) < 4.78 is 35.7. The molecule has 1 aliphatic heterocycles. The van der Waals surface area contributed by atoms with Gasteiger partial charge in [-0.25, -0.2) is 18.6 Å². The van der Waals surface area contributed by atoms with Gasteiger partial charge >= 0.3 is 11.9 Å². The van der Waals surface area contributed by atoms with E-state index in [-0.39, 0.29) is 30.2 Å². The van der Waals surface area contributed by atoms with Gasteiger partial charge in [-0.3, -0.25) is 14.5 Å². The highest BCUT2D eigenvalue weighted by Gasteiger charge is 2.39. The molecule has 0 saturated carbocycles. The van der Waals surface area contributed by atoms with E-state index in [1.807, 2.05) is 6.20 Å². The van der Waals surface area contributed by atoms with Gasteiger partial charge in [-0.15, -0.1) is 11.3 Å². The van der Waals surface area contributed by atoms with Crippen molar-refractivity contribution in [1.82, 2.24) is 20.1 Å². The van der Waals surface area contributed by atoms with Gasteiger partial charge in [-0.1, -0.05) is 17.7 Å². The van der Waals surface area contributed by atoms with Gasteiger partial charge in [0.1, 0.15) is 6.04 Å². The second-order valence-corrected chi connectivity index (χ2v) is 11.9. The maximum Gasteiger partial charge on any atom is 0.338 e. The summed E-state index contributed by atoms with van der Waals surface area (Å²) in [5.41, 5.74) is 1.62. The lowest BCUT2D eigenvalue weighted by atomic mass is 9.81. The van der Waals surface area contributed by atoms with Gasteiger partial charge in [0, 0.05) is 35.0 Å². The summed E-state index contributed by atoms with van der Waals surface area (Å²) in [7, 11) is 0. The largest absolute Gasteiger partial charge is 0.481 e. The van der Waals surface area contributed by atoms with Crippen LogP contribution in [0.3, 0.4) is 0 Å². The summed E-state index contributed by atoms with van der Waals surface area (Å²) in [4.78, 5) is 34.2. The van der Waals surface area contributed by atoms with Crippen LogP contribution in [0.5, 0.6) is 0 Å². The molecule has 0 saturated heterocycles. The van der Waals surface area contributed by atoms with Crippen molar-refractivity contribution in [2.45, 2.75) is 52.6 Å². The first-order valence-corrected chi connectivity index (χ1v) is 14.3. The van der Waals surface area contributed by atoms with Crippen molar-refractivity contribution >= 4 is 40.7 Å². The number of amidine groups is 1. The molecule has 2 N–H and O–H groups in total. The average molecular weight is 604 g/mol. The minimum atomic E-state index is -1.22. The molecular formula is C28H28ClF2N5O4S. The Hall–Kier alpha value is -3.64. The number of benzene rings is 1. The van der Waals surface area contributed by atoms with Crippen LogP contribution < -0.4 is 5.32 Å². The Kier molecular flexibility index (Phi) is 7.97. The van der Waals surface area contributed by atoms with E-state index < -0.39 is 40.1 Å². The number of aliphatic imine (C=N–C) groups is 1. The zero-order chi connectivity index (χ0) is 29.5. The van der Waals surface area contributed by atoms with E-state index in [2.05, 4.69) is 15.4 Å². The van der Waals surface area contributed by atoms with Crippen LogP contribution in [0.15, 0.2) is 46.2 Å². The van der Waals surface area contributed by atoms with Crippen molar-refractivity contribution in [2.24, 2.45) is 16.3 Å². The fourth-order valence-electron chi connectivity index (χ4n) is 5.11. The monoisotopic (exact) mass is 603 g/mol. The van der Waals surface area contributed by atoms with Gasteiger partial charge in [0.05, 0.1) is 34.9 Å². The van der Waals surface area contributed by atoms with Crippen molar-refractivity contribution in [3.63, 3.8) is 0 Å². The molecule has 0 fully saturated rings. The molecule has 1 aromatic carbocycles. The summed E-state index contributed by atoms with van der Waals surface area (Å²) in [5, 5.41) is 19.4. The summed E-state index contributed by atoms with van der Waals surface area (Å²) in [5.74, 6) is -3.75. The number of esters is 1. The van der Waals surface area contributed by atoms with Crippen molar-refractivity contribution in [1.29, 1.82) is 0 Å². The maximum absolute atomic E-state index is 14.6. The van der Waals surface area contributed by atoms with Crippen LogP contribution in [0, 0.1) is 23.0 Å². The first-order valence-electron chi connectivity index (χ1n) is 13.1. The van der Waals surface area contributed by atoms with Gasteiger partial charge in [0.25, 0.3) is 0 Å². The maximum atomic E-state index is 14.6. The Morgan fingerprint density at radius 3 is 2.78 bits per heavy atom. The highest BCUT2D eigenvalue weighted by atomic mass is 35.5. The van der Waals surface area contributed by atoms with Gasteiger partial charge in [0.15, 0.2) is 22.5 Å². The molecule has 41 heavy (non-hydrogen) atoms. The first kappa shape index (κ1) is 28.9. The number of aromatic nitrogens is 3. The number of allylic oxidation sites excluding steroid dienone is 1. The van der Waals surface area contributed by atoms with E-state index in [4.69, 9.17) is 21.3 Å². The third-order valence-corrected chi connectivity index (χ3v) is 8.39. The molecule has 2 aromatic heterocycles. The molecule has 13 heteroatoms. The second-order valence-electron chi connectivity index (χ2n) is 10.6. The highest BCUT2D eigenvalue weighted by molar-refractivity contribution is 7.11. The number of ether oxygens (including phenoxy) is 1. The number of nitrogens with one attached hydrogen (secondary N) is 1. The van der Waals surface area contributed by atoms with E-state index in [9.17, 15) is 23.5 Å². The van der Waals surface area contributed by atoms with E-state index in [0.29, 0.717) is 35.8 Å². The quantitative estimate of drug-likeness (QED) is 0.272. The summed E-state index contributed by atoms with van der Waals surface area (Å²) in [6.07, 6.45) is 5.16. The summed E-state index contributed by atoms with van der Waals surface area (Å²) in [6.45, 7) is 5.26. The molecule has 3 aromatic rings. The number of aliphatic carboxylic acids is 1. The molecule has 3 heterocycles. The fraction of sp³-hybridized carbons (Fsp3) is 0.393. The zero-order valence-corrected chi connectivity index (χ0v) is 24.2. The Bertz CT molecular complexity index is 1570. The number of hydrogen-bond acceptors (Lipinski definition) is 8. The van der Waals surface area contributed by atoms with Crippen molar-refractivity contribution in [2.75, 3.05) is 6.61 Å². The molecule has 216 valence electrons. The number of hydrogen-bond donors (Lipinski definition) is 2. The number of thiazole rings is 1. The number of carboxylic acid groups (broad SMARTS) is 1. The van der Waals surface area contributed by atoms with Crippen LogP contribution in [0.1, 0.15) is 55.1 Å². The van der Waals surface area contributed by atoms with Gasteiger partial charge in [-0.2, -0.15) is 5.10 Å². The Labute approximate surface area is 243 Å². The van der Waals surface area contributed by atoms with Gasteiger partial charge in [-0.05, 0) is 51.7 Å². The number of carbonyl (C=O) groups excluding carboxylic acids is 1. The van der Waals surface area contributed by atoms with Crippen LogP contribution in [0.4, 0.5) is 8.78 Å². The molecule has 2 unspecified atom stereocenters. The number of fused-ring (bicyclic) bond motifs is 1. The SMILES string of the molecule is CCOC(=O)C1=C(C2CCc3nn(CC(C)(C)C(=O)O)cc3C2)NC(c2nccs2)=NC1c1ccc(F)c(F)c1Cl. The number of aryl methyl sites for hydroxylation is 1. The predicted molar refractivity (Wildman–Crippen MR) is 149 cm³/mol. The van der Waals surface area contributed by atoms with E-state index >= 15 is 0 Å². The summed E-state index contributed by atoms with van der Waals surface area (Å²) in [6, 6.07) is 1.20. The van der Waals surface area contributed by atoms with E-state index in [1.54, 1.807) is 37.0 Å². The molecular weight excluding hydrogens is 576 g/mol. The van der Waals surface area contributed by atoms with Gasteiger partial charge < -0.3 is 15.2 Å². The third-order valence-electron chi connectivity index (χ3n) is 7.23. The lowest BCUT2D eigenvalue weighted by Crippen LogP contribution is -2.38. The first-order chi connectivity index (χ1) is 19.5. The van der Waals surface area contributed by atoms with Crippen LogP contribution in [0.2, 0.25) is 5.02 Å². The van der Waals surface area contributed by atoms with Crippen LogP contribution in [-0.2, 0) is 33.7 Å². The van der Waals surface area contributed by atoms with Crippen LogP contribution in [-0.4, -0.2) is 44.3 Å². The number of carboxylic acids is 1. The standard InChI is InChI=1S/C28H28ClF2N5O4S/c1-4-40-26(37)19-22(14-5-8-18-15(11-14)12-36(35-18)13-28(2,3)27(38)39)33-24(25-32-9-10-41-25)34-23(19)16-6-7-17(30)21(31)20(16)29/h6-7,9-10,12,14,23H,4-5,8,11,13H2,1-3H3,(H,33,34)(H,38,39). The molecule has 0 radical (unpaired) electrons. The smallest absolute Gasteiger partial charge is 0.338 e. The molecule has 5 rings (SSSR count). The van der Waals surface area contributed by atoms with Gasteiger partial charge in [0.2, 0.25) is 0 Å². The molecule has 0 bridgehead atoms. The zero-order valence-electron chi connectivity index (χ0n) is 22.6. The topological polar surface area (TPSA) is 119 Å². The molecule has 1 aliphatic carbocycles. The fourth-order valence-corrected chi connectivity index (χ4v) is 5.95. The normalized spacial score (nSPS) is 18.9. The number of halogens is 3. The van der Waals surface area contributed by atoms with E-state index in [0.717, 1.165) is 17.3 Å². The number of nitrogens with zero attached hydrogens (tertiary/aromatic N) is 4. The predicted octanol–water partition coefficient (Wildman–Crippen LogP) is 5.10. The highest BCUT2D eigenvalue weighted by Crippen LogP contribution is 2.41. The molecule has 0 spiro atoms. The lowest BCUT2D eigenvalue weighted by Gasteiger charge is -2.33. The van der Waals surface area contributed by atoms with Crippen molar-refractivity contribution in [3.8, 4) is 0 Å². The molecule has 9 nitrogen and oxygen atoms in total. The van der Waals surface area contributed by atoms with E-state index in [1.165, 1.54) is 17.4 Å². The Morgan fingerprint density at radius 2 is 2.10 bits per heavy atom. The van der Waals surface area contributed by atoms with Crippen molar-refractivity contribution < 1.29 is 28.2 Å². The Morgan fingerprint density at radius 1 is 1.32 bits per heavy atom. The van der Waals surface area contributed by atoms with Crippen molar-refractivity contribution in [3.05, 3.63) is 79.7 Å².